The molecule has 1 aromatic carbocycles. The molecule has 3 heteroatoms. The Morgan fingerprint density at radius 3 is 3.00 bits per heavy atom. The van der Waals surface area contributed by atoms with Crippen LogP contribution in [0.1, 0.15) is 5.56 Å². The predicted octanol–water partition coefficient (Wildman–Crippen LogP) is 1.71. The molecule has 0 saturated carbocycles. The highest BCUT2D eigenvalue weighted by molar-refractivity contribution is 5.84. The molecule has 2 aromatic rings. The van der Waals surface area contributed by atoms with E-state index in [0.717, 1.165) is 22.2 Å². The SMILES string of the molecule is COc1ccc2c(CCO)c[nH]c2c1. The third-order valence-corrected chi connectivity index (χ3v) is 2.36. The Bertz CT molecular complexity index is 434. The Labute approximate surface area is 82.3 Å². The third-order valence-electron chi connectivity index (χ3n) is 2.36. The summed E-state index contributed by atoms with van der Waals surface area (Å²) in [6, 6.07) is 5.89. The van der Waals surface area contributed by atoms with Gasteiger partial charge in [0.1, 0.15) is 5.75 Å². The van der Waals surface area contributed by atoms with Gasteiger partial charge in [0, 0.05) is 29.8 Å². The average Bonchev–Trinajstić information content (AvgIpc) is 2.61. The molecule has 0 amide bonds. The van der Waals surface area contributed by atoms with Gasteiger partial charge in [-0.1, -0.05) is 0 Å². The summed E-state index contributed by atoms with van der Waals surface area (Å²) < 4.78 is 5.12. The van der Waals surface area contributed by atoms with Crippen molar-refractivity contribution < 1.29 is 9.84 Å². The quantitative estimate of drug-likeness (QED) is 0.775. The lowest BCUT2D eigenvalue weighted by Crippen LogP contribution is -1.88. The lowest BCUT2D eigenvalue weighted by molar-refractivity contribution is 0.300. The molecule has 0 fully saturated rings. The number of nitrogens with one attached hydrogen (secondary N) is 1. The third kappa shape index (κ3) is 1.46. The van der Waals surface area contributed by atoms with Crippen LogP contribution in [0.5, 0.6) is 5.75 Å². The first-order valence-electron chi connectivity index (χ1n) is 4.60. The molecular weight excluding hydrogens is 178 g/mol. The highest BCUT2D eigenvalue weighted by Gasteiger charge is 2.03. The molecule has 74 valence electrons. The van der Waals surface area contributed by atoms with Gasteiger partial charge in [-0.3, -0.25) is 0 Å². The first-order valence-corrected chi connectivity index (χ1v) is 4.60. The van der Waals surface area contributed by atoms with E-state index in [-0.39, 0.29) is 6.61 Å². The molecule has 0 saturated heterocycles. The smallest absolute Gasteiger partial charge is 0.120 e. The van der Waals surface area contributed by atoms with E-state index in [2.05, 4.69) is 4.98 Å². The second-order valence-corrected chi connectivity index (χ2v) is 3.20. The number of aromatic amines is 1. The minimum Gasteiger partial charge on any atom is -0.497 e. The normalized spacial score (nSPS) is 10.7. The fourth-order valence-electron chi connectivity index (χ4n) is 1.62. The minimum absolute atomic E-state index is 0.180. The second-order valence-electron chi connectivity index (χ2n) is 3.20. The van der Waals surface area contributed by atoms with Gasteiger partial charge in [-0.25, -0.2) is 0 Å². The molecule has 1 aromatic heterocycles. The van der Waals surface area contributed by atoms with E-state index in [0.29, 0.717) is 6.42 Å². The van der Waals surface area contributed by atoms with Crippen LogP contribution in [-0.4, -0.2) is 23.8 Å². The number of benzene rings is 1. The summed E-state index contributed by atoms with van der Waals surface area (Å²) in [6.07, 6.45) is 2.62. The monoisotopic (exact) mass is 191 g/mol. The molecular formula is C11H13NO2. The Morgan fingerprint density at radius 1 is 1.43 bits per heavy atom. The van der Waals surface area contributed by atoms with Crippen LogP contribution in [0.15, 0.2) is 24.4 Å². The van der Waals surface area contributed by atoms with Gasteiger partial charge < -0.3 is 14.8 Å². The van der Waals surface area contributed by atoms with Gasteiger partial charge in [-0.05, 0) is 24.1 Å². The molecule has 2 N–H and O–H groups in total. The summed E-state index contributed by atoms with van der Waals surface area (Å²) in [7, 11) is 1.65. The Balaban J connectivity index is 2.48. The summed E-state index contributed by atoms with van der Waals surface area (Å²) in [5.74, 6) is 0.842. The average molecular weight is 191 g/mol. The van der Waals surface area contributed by atoms with Crippen LogP contribution in [0.3, 0.4) is 0 Å². The molecule has 2 rings (SSSR count). The zero-order valence-corrected chi connectivity index (χ0v) is 8.08. The predicted molar refractivity (Wildman–Crippen MR) is 55.6 cm³/mol. The second kappa shape index (κ2) is 3.72. The fraction of sp³-hybridized carbons (Fsp3) is 0.273. The number of hydrogen-bond acceptors (Lipinski definition) is 2. The minimum atomic E-state index is 0.180. The van der Waals surface area contributed by atoms with Crippen molar-refractivity contribution in [3.63, 3.8) is 0 Å². The number of hydrogen-bond donors (Lipinski definition) is 2. The molecule has 3 nitrogen and oxygen atoms in total. The lowest BCUT2D eigenvalue weighted by atomic mass is 10.1. The first kappa shape index (κ1) is 9.09. The summed E-state index contributed by atoms with van der Waals surface area (Å²) in [4.78, 5) is 3.16. The molecule has 0 atom stereocenters. The van der Waals surface area contributed by atoms with Crippen LogP contribution in [0.25, 0.3) is 10.9 Å². The maximum atomic E-state index is 8.86. The van der Waals surface area contributed by atoms with Crippen molar-refractivity contribution in [1.29, 1.82) is 0 Å². The Kier molecular flexibility index (Phi) is 2.41. The van der Waals surface area contributed by atoms with Gasteiger partial charge in [-0.15, -0.1) is 0 Å². The van der Waals surface area contributed by atoms with E-state index in [1.165, 1.54) is 0 Å². The fourth-order valence-corrected chi connectivity index (χ4v) is 1.62. The molecule has 0 aliphatic heterocycles. The van der Waals surface area contributed by atoms with Gasteiger partial charge in [0.2, 0.25) is 0 Å². The Morgan fingerprint density at radius 2 is 2.29 bits per heavy atom. The molecule has 0 bridgehead atoms. The zero-order valence-electron chi connectivity index (χ0n) is 8.08. The largest absolute Gasteiger partial charge is 0.497 e. The maximum Gasteiger partial charge on any atom is 0.120 e. The number of aromatic nitrogens is 1. The lowest BCUT2D eigenvalue weighted by Gasteiger charge is -1.99. The highest BCUT2D eigenvalue weighted by Crippen LogP contribution is 2.23. The highest BCUT2D eigenvalue weighted by atomic mass is 16.5. The Hall–Kier alpha value is -1.48. The van der Waals surface area contributed by atoms with Gasteiger partial charge in [-0.2, -0.15) is 0 Å². The van der Waals surface area contributed by atoms with Gasteiger partial charge in [0.25, 0.3) is 0 Å². The number of aliphatic hydroxyl groups excluding tert-OH is 1. The number of fused-ring (bicyclic) bond motifs is 1. The number of H-pyrrole nitrogens is 1. The van der Waals surface area contributed by atoms with Crippen molar-refractivity contribution in [1.82, 2.24) is 4.98 Å². The van der Waals surface area contributed by atoms with Gasteiger partial charge >= 0.3 is 0 Å². The van der Waals surface area contributed by atoms with Crippen molar-refractivity contribution in [2.45, 2.75) is 6.42 Å². The van der Waals surface area contributed by atoms with Crippen molar-refractivity contribution in [2.75, 3.05) is 13.7 Å². The van der Waals surface area contributed by atoms with Crippen molar-refractivity contribution in [3.05, 3.63) is 30.0 Å². The summed E-state index contributed by atoms with van der Waals surface area (Å²) in [5, 5.41) is 10.0. The zero-order chi connectivity index (χ0) is 9.97. The van der Waals surface area contributed by atoms with E-state index in [1.54, 1.807) is 7.11 Å². The molecule has 1 heterocycles. The number of aliphatic hydroxyl groups is 1. The molecule has 0 unspecified atom stereocenters. The van der Waals surface area contributed by atoms with E-state index >= 15 is 0 Å². The van der Waals surface area contributed by atoms with E-state index in [9.17, 15) is 0 Å². The van der Waals surface area contributed by atoms with Crippen molar-refractivity contribution in [3.8, 4) is 5.75 Å². The number of methoxy groups -OCH3 is 1. The van der Waals surface area contributed by atoms with Crippen molar-refractivity contribution in [2.24, 2.45) is 0 Å². The van der Waals surface area contributed by atoms with Gasteiger partial charge in [0.15, 0.2) is 0 Å². The summed E-state index contributed by atoms with van der Waals surface area (Å²) in [6.45, 7) is 0.180. The number of rotatable bonds is 3. The molecule has 0 radical (unpaired) electrons. The molecule has 0 aliphatic carbocycles. The van der Waals surface area contributed by atoms with Crippen LogP contribution in [0, 0.1) is 0 Å². The standard InChI is InChI=1S/C11H13NO2/c1-14-9-2-3-10-8(4-5-13)7-12-11(10)6-9/h2-3,6-7,12-13H,4-5H2,1H3. The van der Waals surface area contributed by atoms with Crippen LogP contribution in [-0.2, 0) is 6.42 Å². The van der Waals surface area contributed by atoms with Crippen LogP contribution < -0.4 is 4.74 Å². The van der Waals surface area contributed by atoms with E-state index in [1.807, 2.05) is 24.4 Å². The summed E-state index contributed by atoms with van der Waals surface area (Å²) >= 11 is 0. The van der Waals surface area contributed by atoms with Crippen LogP contribution >= 0.6 is 0 Å². The maximum absolute atomic E-state index is 8.86. The molecule has 14 heavy (non-hydrogen) atoms. The van der Waals surface area contributed by atoms with Crippen LogP contribution in [0.4, 0.5) is 0 Å². The summed E-state index contributed by atoms with van der Waals surface area (Å²) in [5.41, 5.74) is 2.19. The first-order chi connectivity index (χ1) is 6.85. The van der Waals surface area contributed by atoms with E-state index < -0.39 is 0 Å². The number of ether oxygens (including phenoxy) is 1. The van der Waals surface area contributed by atoms with Crippen molar-refractivity contribution >= 4 is 10.9 Å². The van der Waals surface area contributed by atoms with Crippen LogP contribution in [0.2, 0.25) is 0 Å². The molecule has 0 spiro atoms. The van der Waals surface area contributed by atoms with Gasteiger partial charge in [0.05, 0.1) is 7.11 Å². The molecule has 0 aliphatic rings. The topological polar surface area (TPSA) is 45.2 Å². The van der Waals surface area contributed by atoms with E-state index in [4.69, 9.17) is 9.84 Å².